The van der Waals surface area contributed by atoms with Crippen LogP contribution in [0.2, 0.25) is 0 Å². The van der Waals surface area contributed by atoms with Crippen LogP contribution in [0, 0.1) is 13.8 Å². The minimum absolute atomic E-state index is 0.0578. The predicted molar refractivity (Wildman–Crippen MR) is 111 cm³/mol. The number of aliphatic carboxylic acids is 1. The van der Waals surface area contributed by atoms with Gasteiger partial charge in [-0.15, -0.1) is 11.3 Å². The summed E-state index contributed by atoms with van der Waals surface area (Å²) in [5.41, 5.74) is 3.82. The summed E-state index contributed by atoms with van der Waals surface area (Å²) >= 11 is 1.51. The van der Waals surface area contributed by atoms with Crippen LogP contribution in [-0.4, -0.2) is 30.3 Å². The van der Waals surface area contributed by atoms with Crippen molar-refractivity contribution in [3.63, 3.8) is 0 Å². The molecule has 1 unspecified atom stereocenters. The van der Waals surface area contributed by atoms with Gasteiger partial charge in [0, 0.05) is 22.2 Å². The molecule has 0 saturated heterocycles. The summed E-state index contributed by atoms with van der Waals surface area (Å²) in [5.74, 6) is 0.149. The van der Waals surface area contributed by atoms with Crippen molar-refractivity contribution in [1.82, 2.24) is 4.98 Å². The third-order valence-corrected chi connectivity index (χ3v) is 5.61. The molecular weight excluding hydrogens is 374 g/mol. The molecule has 28 heavy (non-hydrogen) atoms. The molecule has 0 aliphatic carbocycles. The highest BCUT2D eigenvalue weighted by Gasteiger charge is 2.25. The van der Waals surface area contributed by atoms with Crippen LogP contribution in [-0.2, 0) is 4.79 Å². The molecule has 0 radical (unpaired) electrons. The summed E-state index contributed by atoms with van der Waals surface area (Å²) in [4.78, 5) is 17.1. The number of carboxylic acids is 1. The molecule has 0 fully saturated rings. The van der Waals surface area contributed by atoms with E-state index in [-0.39, 0.29) is 12.3 Å². The number of thiazole rings is 1. The highest BCUT2D eigenvalue weighted by atomic mass is 32.1. The Morgan fingerprint density at radius 1 is 1.11 bits per heavy atom. The lowest BCUT2D eigenvalue weighted by Gasteiger charge is -2.19. The maximum Gasteiger partial charge on any atom is 0.304 e. The van der Waals surface area contributed by atoms with Crippen molar-refractivity contribution in [2.24, 2.45) is 0 Å². The number of ether oxygens (including phenoxy) is 2. The van der Waals surface area contributed by atoms with Crippen molar-refractivity contribution in [3.8, 4) is 22.6 Å². The number of hydrogen-bond acceptors (Lipinski definition) is 5. The van der Waals surface area contributed by atoms with Crippen LogP contribution in [0.15, 0.2) is 42.6 Å². The minimum Gasteiger partial charge on any atom is -0.496 e. The zero-order valence-electron chi connectivity index (χ0n) is 16.4. The number of aromatic nitrogens is 1. The Balaban J connectivity index is 2.17. The molecule has 3 aromatic rings. The van der Waals surface area contributed by atoms with E-state index in [0.29, 0.717) is 5.75 Å². The zero-order valence-corrected chi connectivity index (χ0v) is 17.2. The smallest absolute Gasteiger partial charge is 0.304 e. The molecule has 1 N–H and O–H groups in total. The highest BCUT2D eigenvalue weighted by molar-refractivity contribution is 7.11. The van der Waals surface area contributed by atoms with Crippen LogP contribution in [0.4, 0.5) is 0 Å². The Bertz CT molecular complexity index is 996. The number of nitrogens with zero attached hydrogens (tertiary/aromatic N) is 1. The molecule has 0 spiro atoms. The summed E-state index contributed by atoms with van der Waals surface area (Å²) in [6.07, 6.45) is 1.71. The topological polar surface area (TPSA) is 68.7 Å². The van der Waals surface area contributed by atoms with Crippen LogP contribution in [0.1, 0.15) is 33.4 Å². The van der Waals surface area contributed by atoms with Crippen molar-refractivity contribution in [1.29, 1.82) is 0 Å². The van der Waals surface area contributed by atoms with E-state index in [9.17, 15) is 9.90 Å². The quantitative estimate of drug-likeness (QED) is 0.604. The fourth-order valence-corrected chi connectivity index (χ4v) is 4.15. The third-order valence-electron chi connectivity index (χ3n) is 4.59. The molecule has 1 heterocycles. The molecule has 0 aliphatic rings. The Morgan fingerprint density at radius 2 is 1.82 bits per heavy atom. The lowest BCUT2D eigenvalue weighted by Crippen LogP contribution is -2.09. The minimum atomic E-state index is -0.876. The number of carbonyl (C=O) groups is 1. The normalized spacial score (nSPS) is 11.9. The first kappa shape index (κ1) is 19.9. The molecule has 0 bridgehead atoms. The average molecular weight is 397 g/mol. The second-order valence-corrected chi connectivity index (χ2v) is 7.89. The van der Waals surface area contributed by atoms with E-state index in [0.717, 1.165) is 37.9 Å². The van der Waals surface area contributed by atoms with Crippen LogP contribution in [0.5, 0.6) is 11.5 Å². The number of carboxylic acid groups (broad SMARTS) is 1. The van der Waals surface area contributed by atoms with E-state index in [1.54, 1.807) is 20.4 Å². The number of rotatable bonds is 7. The van der Waals surface area contributed by atoms with Gasteiger partial charge in [-0.3, -0.25) is 4.79 Å². The molecule has 0 saturated carbocycles. The van der Waals surface area contributed by atoms with Crippen LogP contribution >= 0.6 is 11.3 Å². The van der Waals surface area contributed by atoms with Gasteiger partial charge in [-0.2, -0.15) is 0 Å². The lowest BCUT2D eigenvalue weighted by molar-refractivity contribution is -0.137. The Labute approximate surface area is 168 Å². The number of hydrogen-bond donors (Lipinski definition) is 1. The monoisotopic (exact) mass is 397 g/mol. The molecule has 146 valence electrons. The summed E-state index contributed by atoms with van der Waals surface area (Å²) < 4.78 is 11.1. The number of methoxy groups -OCH3 is 2. The Morgan fingerprint density at radius 3 is 2.43 bits per heavy atom. The van der Waals surface area contributed by atoms with Gasteiger partial charge in [-0.1, -0.05) is 17.7 Å². The Hall–Kier alpha value is -2.86. The summed E-state index contributed by atoms with van der Waals surface area (Å²) in [7, 11) is 3.24. The van der Waals surface area contributed by atoms with Gasteiger partial charge < -0.3 is 14.6 Å². The van der Waals surface area contributed by atoms with Gasteiger partial charge in [0.1, 0.15) is 16.5 Å². The first-order chi connectivity index (χ1) is 13.4. The third kappa shape index (κ3) is 4.17. The molecule has 1 aromatic heterocycles. The molecule has 0 amide bonds. The molecule has 5 nitrogen and oxygen atoms in total. The number of benzene rings is 2. The summed E-state index contributed by atoms with van der Waals surface area (Å²) in [5, 5.41) is 10.3. The zero-order chi connectivity index (χ0) is 20.3. The van der Waals surface area contributed by atoms with Crippen molar-refractivity contribution in [2.45, 2.75) is 26.2 Å². The maximum absolute atomic E-state index is 11.6. The molecule has 0 aliphatic heterocycles. The van der Waals surface area contributed by atoms with Crippen molar-refractivity contribution < 1.29 is 19.4 Å². The molecule has 1 atom stereocenters. The van der Waals surface area contributed by atoms with Gasteiger partial charge >= 0.3 is 5.97 Å². The summed E-state index contributed by atoms with van der Waals surface area (Å²) in [6, 6.07) is 11.8. The SMILES string of the molecule is COc1ccc(C)cc1-c1ccc(OC)c(C(CC(=O)O)c2ncc(C)s2)c1. The fourth-order valence-electron chi connectivity index (χ4n) is 3.26. The second-order valence-electron chi connectivity index (χ2n) is 6.62. The van der Waals surface area contributed by atoms with Crippen LogP contribution < -0.4 is 9.47 Å². The first-order valence-corrected chi connectivity index (χ1v) is 9.71. The molecular formula is C22H23NO4S. The van der Waals surface area contributed by atoms with E-state index in [1.165, 1.54) is 11.3 Å². The standard InChI is InChI=1S/C22H23NO4S/c1-13-5-7-19(26-3)16(9-13)15-6-8-20(27-4)17(10-15)18(11-21(24)25)22-23-12-14(2)28-22/h5-10,12,18H,11H2,1-4H3,(H,24,25). The first-order valence-electron chi connectivity index (χ1n) is 8.90. The van der Waals surface area contributed by atoms with E-state index in [2.05, 4.69) is 11.1 Å². The second kappa shape index (κ2) is 8.44. The van der Waals surface area contributed by atoms with Gasteiger partial charge in [0.2, 0.25) is 0 Å². The van der Waals surface area contributed by atoms with Crippen LogP contribution in [0.25, 0.3) is 11.1 Å². The van der Waals surface area contributed by atoms with Crippen molar-refractivity contribution >= 4 is 17.3 Å². The Kier molecular flexibility index (Phi) is 5.99. The average Bonchev–Trinajstić information content (AvgIpc) is 3.11. The highest BCUT2D eigenvalue weighted by Crippen LogP contribution is 2.40. The maximum atomic E-state index is 11.6. The largest absolute Gasteiger partial charge is 0.496 e. The molecule has 2 aromatic carbocycles. The van der Waals surface area contributed by atoms with Gasteiger partial charge in [-0.05, 0) is 43.7 Å². The van der Waals surface area contributed by atoms with Gasteiger partial charge in [0.05, 0.1) is 26.6 Å². The predicted octanol–water partition coefficient (Wildman–Crippen LogP) is 5.05. The van der Waals surface area contributed by atoms with E-state index < -0.39 is 5.97 Å². The van der Waals surface area contributed by atoms with Crippen molar-refractivity contribution in [2.75, 3.05) is 14.2 Å². The number of aryl methyl sites for hydroxylation is 2. The molecule has 6 heteroatoms. The van der Waals surface area contributed by atoms with E-state index in [4.69, 9.17) is 9.47 Å². The van der Waals surface area contributed by atoms with E-state index in [1.807, 2.05) is 44.2 Å². The van der Waals surface area contributed by atoms with Gasteiger partial charge in [0.25, 0.3) is 0 Å². The van der Waals surface area contributed by atoms with Crippen molar-refractivity contribution in [3.05, 3.63) is 63.6 Å². The molecule has 3 rings (SSSR count). The van der Waals surface area contributed by atoms with Crippen LogP contribution in [0.3, 0.4) is 0 Å². The van der Waals surface area contributed by atoms with Gasteiger partial charge in [0.15, 0.2) is 0 Å². The fraction of sp³-hybridized carbons (Fsp3) is 0.273. The lowest BCUT2D eigenvalue weighted by atomic mass is 9.91. The van der Waals surface area contributed by atoms with E-state index >= 15 is 0 Å². The summed E-state index contributed by atoms with van der Waals surface area (Å²) in [6.45, 7) is 3.99. The van der Waals surface area contributed by atoms with Gasteiger partial charge in [-0.25, -0.2) is 4.98 Å².